The van der Waals surface area contributed by atoms with Crippen LogP contribution >= 0.6 is 0 Å². The van der Waals surface area contributed by atoms with E-state index >= 15 is 0 Å². The van der Waals surface area contributed by atoms with Gasteiger partial charge < -0.3 is 15.0 Å². The molecule has 2 rings (SSSR count). The van der Waals surface area contributed by atoms with Crippen LogP contribution in [0.2, 0.25) is 0 Å². The summed E-state index contributed by atoms with van der Waals surface area (Å²) in [6.07, 6.45) is 0.504. The molecule has 2 atom stereocenters. The molecule has 0 bridgehead atoms. The molecule has 1 heterocycles. The standard InChI is InChI=1S/C17H28FN3O/c1-13-10-21(11-14(2)22-13)12-15-5-6-16(18)17(9-15)20(4)8-7-19-3/h5-6,9,13-14,19H,7-8,10-12H2,1-4H3. The maximum atomic E-state index is 14.1. The fourth-order valence-corrected chi connectivity index (χ4v) is 3.02. The Hall–Kier alpha value is -1.17. The van der Waals surface area contributed by atoms with E-state index in [0.717, 1.165) is 38.3 Å². The van der Waals surface area contributed by atoms with Gasteiger partial charge in [-0.05, 0) is 38.6 Å². The van der Waals surface area contributed by atoms with E-state index in [0.29, 0.717) is 5.69 Å². The normalized spacial score (nSPS) is 22.8. The van der Waals surface area contributed by atoms with Crippen LogP contribution in [0.25, 0.3) is 0 Å². The number of rotatable bonds is 6. The second-order valence-corrected chi connectivity index (χ2v) is 6.26. The van der Waals surface area contributed by atoms with Crippen molar-refractivity contribution >= 4 is 5.69 Å². The first-order valence-electron chi connectivity index (χ1n) is 8.01. The van der Waals surface area contributed by atoms with Crippen LogP contribution in [0.1, 0.15) is 19.4 Å². The molecule has 22 heavy (non-hydrogen) atoms. The van der Waals surface area contributed by atoms with Crippen molar-refractivity contribution in [1.82, 2.24) is 10.2 Å². The van der Waals surface area contributed by atoms with Gasteiger partial charge in [-0.3, -0.25) is 4.90 Å². The van der Waals surface area contributed by atoms with Crippen molar-refractivity contribution in [2.24, 2.45) is 0 Å². The third-order valence-electron chi connectivity index (χ3n) is 4.02. The monoisotopic (exact) mass is 309 g/mol. The van der Waals surface area contributed by atoms with Gasteiger partial charge in [0, 0.05) is 39.8 Å². The van der Waals surface area contributed by atoms with Crippen LogP contribution < -0.4 is 10.2 Å². The van der Waals surface area contributed by atoms with E-state index in [9.17, 15) is 4.39 Å². The van der Waals surface area contributed by atoms with Gasteiger partial charge in [-0.25, -0.2) is 4.39 Å². The zero-order valence-electron chi connectivity index (χ0n) is 14.1. The summed E-state index contributed by atoms with van der Waals surface area (Å²) in [5.74, 6) is -0.161. The number of likely N-dealkylation sites (N-methyl/N-ethyl adjacent to an activating group) is 2. The van der Waals surface area contributed by atoms with Crippen molar-refractivity contribution in [3.05, 3.63) is 29.6 Å². The lowest BCUT2D eigenvalue weighted by atomic mass is 10.1. The Kier molecular flexibility index (Phi) is 6.17. The lowest BCUT2D eigenvalue weighted by Crippen LogP contribution is -2.44. The third-order valence-corrected chi connectivity index (χ3v) is 4.02. The minimum absolute atomic E-state index is 0.161. The first-order chi connectivity index (χ1) is 10.5. The van der Waals surface area contributed by atoms with Gasteiger partial charge in [0.25, 0.3) is 0 Å². The quantitative estimate of drug-likeness (QED) is 0.871. The molecule has 0 radical (unpaired) electrons. The average Bonchev–Trinajstić information content (AvgIpc) is 2.45. The summed E-state index contributed by atoms with van der Waals surface area (Å²) in [7, 11) is 3.83. The number of hydrogen-bond acceptors (Lipinski definition) is 4. The molecular formula is C17H28FN3O. The summed E-state index contributed by atoms with van der Waals surface area (Å²) >= 11 is 0. The fourth-order valence-electron chi connectivity index (χ4n) is 3.02. The second kappa shape index (κ2) is 7.90. The van der Waals surface area contributed by atoms with Crippen LogP contribution in [0.5, 0.6) is 0 Å². The van der Waals surface area contributed by atoms with Crippen LogP contribution in [0, 0.1) is 5.82 Å². The molecule has 1 N–H and O–H groups in total. The van der Waals surface area contributed by atoms with Crippen molar-refractivity contribution in [2.75, 3.05) is 45.2 Å². The number of halogens is 1. The number of nitrogens with zero attached hydrogens (tertiary/aromatic N) is 2. The van der Waals surface area contributed by atoms with Gasteiger partial charge >= 0.3 is 0 Å². The van der Waals surface area contributed by atoms with Gasteiger partial charge in [-0.2, -0.15) is 0 Å². The molecule has 1 aliphatic rings. The van der Waals surface area contributed by atoms with Crippen molar-refractivity contribution in [2.45, 2.75) is 32.6 Å². The molecular weight excluding hydrogens is 281 g/mol. The molecule has 0 amide bonds. The van der Waals surface area contributed by atoms with Crippen molar-refractivity contribution < 1.29 is 9.13 Å². The van der Waals surface area contributed by atoms with Crippen LogP contribution in [0.3, 0.4) is 0 Å². The summed E-state index contributed by atoms with van der Waals surface area (Å²) in [4.78, 5) is 4.34. The van der Waals surface area contributed by atoms with Crippen LogP contribution in [0.15, 0.2) is 18.2 Å². The van der Waals surface area contributed by atoms with Gasteiger partial charge in [-0.1, -0.05) is 6.07 Å². The number of ether oxygens (including phenoxy) is 1. The number of benzene rings is 1. The molecule has 1 saturated heterocycles. The molecule has 1 aromatic rings. The lowest BCUT2D eigenvalue weighted by molar-refractivity contribution is -0.0704. The van der Waals surface area contributed by atoms with E-state index in [4.69, 9.17) is 4.74 Å². The van der Waals surface area contributed by atoms with Gasteiger partial charge in [0.15, 0.2) is 0 Å². The van der Waals surface area contributed by atoms with E-state index < -0.39 is 0 Å². The minimum Gasteiger partial charge on any atom is -0.373 e. The van der Waals surface area contributed by atoms with Gasteiger partial charge in [0.05, 0.1) is 17.9 Å². The first-order valence-corrected chi connectivity index (χ1v) is 8.01. The molecule has 4 nitrogen and oxygen atoms in total. The highest BCUT2D eigenvalue weighted by atomic mass is 19.1. The smallest absolute Gasteiger partial charge is 0.146 e. The zero-order chi connectivity index (χ0) is 16.1. The molecule has 0 spiro atoms. The fraction of sp³-hybridized carbons (Fsp3) is 0.647. The Morgan fingerprint density at radius 2 is 2.00 bits per heavy atom. The molecule has 2 unspecified atom stereocenters. The molecule has 0 aromatic heterocycles. The highest BCUT2D eigenvalue weighted by Crippen LogP contribution is 2.22. The zero-order valence-corrected chi connectivity index (χ0v) is 14.1. The molecule has 124 valence electrons. The summed E-state index contributed by atoms with van der Waals surface area (Å²) in [6.45, 7) is 8.50. The van der Waals surface area contributed by atoms with E-state index in [2.05, 4.69) is 24.1 Å². The second-order valence-electron chi connectivity index (χ2n) is 6.26. The Morgan fingerprint density at radius 3 is 2.64 bits per heavy atom. The third kappa shape index (κ3) is 4.66. The lowest BCUT2D eigenvalue weighted by Gasteiger charge is -2.35. The minimum atomic E-state index is -0.161. The van der Waals surface area contributed by atoms with Gasteiger partial charge in [0.2, 0.25) is 0 Å². The Bertz CT molecular complexity index is 473. The van der Waals surface area contributed by atoms with E-state index in [-0.39, 0.29) is 18.0 Å². The molecule has 1 aliphatic heterocycles. The van der Waals surface area contributed by atoms with Crippen molar-refractivity contribution in [1.29, 1.82) is 0 Å². The average molecular weight is 309 g/mol. The number of anilines is 1. The Morgan fingerprint density at radius 1 is 1.32 bits per heavy atom. The van der Waals surface area contributed by atoms with Gasteiger partial charge in [0.1, 0.15) is 5.82 Å². The first kappa shape index (κ1) is 17.2. The largest absolute Gasteiger partial charge is 0.373 e. The summed E-state index contributed by atoms with van der Waals surface area (Å²) < 4.78 is 19.8. The Labute approximate surface area is 133 Å². The molecule has 5 heteroatoms. The van der Waals surface area contributed by atoms with Crippen LogP contribution in [-0.4, -0.2) is 57.4 Å². The predicted octanol–water partition coefficient (Wildman–Crippen LogP) is 2.09. The maximum absolute atomic E-state index is 14.1. The predicted molar refractivity (Wildman–Crippen MR) is 88.9 cm³/mol. The van der Waals surface area contributed by atoms with Crippen LogP contribution in [-0.2, 0) is 11.3 Å². The number of nitrogens with one attached hydrogen (secondary N) is 1. The van der Waals surface area contributed by atoms with Gasteiger partial charge in [-0.15, -0.1) is 0 Å². The summed E-state index contributed by atoms with van der Waals surface area (Å²) in [5, 5.41) is 3.09. The topological polar surface area (TPSA) is 27.7 Å². The number of morpholine rings is 1. The molecule has 1 aromatic carbocycles. The van der Waals surface area contributed by atoms with Crippen molar-refractivity contribution in [3.63, 3.8) is 0 Å². The van der Waals surface area contributed by atoms with E-state index in [1.54, 1.807) is 6.07 Å². The SMILES string of the molecule is CNCCN(C)c1cc(CN2CC(C)OC(C)C2)ccc1F. The highest BCUT2D eigenvalue weighted by Gasteiger charge is 2.22. The summed E-state index contributed by atoms with van der Waals surface area (Å²) in [6, 6.07) is 5.43. The maximum Gasteiger partial charge on any atom is 0.146 e. The van der Waals surface area contributed by atoms with E-state index in [1.165, 1.54) is 0 Å². The van der Waals surface area contributed by atoms with E-state index in [1.807, 2.05) is 31.1 Å². The van der Waals surface area contributed by atoms with Crippen LogP contribution in [0.4, 0.5) is 10.1 Å². The Balaban J connectivity index is 2.05. The highest BCUT2D eigenvalue weighted by molar-refractivity contribution is 5.49. The molecule has 0 saturated carbocycles. The summed E-state index contributed by atoms with van der Waals surface area (Å²) in [5.41, 5.74) is 1.82. The molecule has 0 aliphatic carbocycles. The van der Waals surface area contributed by atoms with Crippen molar-refractivity contribution in [3.8, 4) is 0 Å². The molecule has 1 fully saturated rings. The number of hydrogen-bond donors (Lipinski definition) is 1.